The summed E-state index contributed by atoms with van der Waals surface area (Å²) in [7, 11) is 0. The van der Waals surface area contributed by atoms with E-state index >= 15 is 0 Å². The van der Waals surface area contributed by atoms with Gasteiger partial charge >= 0.3 is 0 Å². The first-order chi connectivity index (χ1) is 17.9. The van der Waals surface area contributed by atoms with Crippen molar-refractivity contribution in [1.29, 1.82) is 0 Å². The average Bonchev–Trinajstić information content (AvgIpc) is 3.05. The van der Waals surface area contributed by atoms with Gasteiger partial charge in [0, 0.05) is 23.7 Å². The third kappa shape index (κ3) is 7.00. The number of rotatable bonds is 8. The molecule has 2 saturated heterocycles. The molecule has 0 saturated carbocycles. The minimum Gasteiger partial charge on any atom is -0.490 e. The lowest BCUT2D eigenvalue weighted by atomic mass is 10.1. The van der Waals surface area contributed by atoms with E-state index in [1.165, 1.54) is 0 Å². The Hall–Kier alpha value is -2.24. The predicted octanol–water partition coefficient (Wildman–Crippen LogP) is 6.36. The Kier molecular flexibility index (Phi) is 9.77. The van der Waals surface area contributed by atoms with Crippen LogP contribution >= 0.6 is 46.0 Å². The van der Waals surface area contributed by atoms with Crippen molar-refractivity contribution in [3.8, 4) is 11.5 Å². The molecule has 196 valence electrons. The third-order valence-electron chi connectivity index (χ3n) is 6.09. The van der Waals surface area contributed by atoms with Crippen LogP contribution in [-0.2, 0) is 16.2 Å². The van der Waals surface area contributed by atoms with E-state index in [0.717, 1.165) is 51.5 Å². The summed E-state index contributed by atoms with van der Waals surface area (Å²) in [4.78, 5) is 41.5. The van der Waals surface area contributed by atoms with Gasteiger partial charge in [-0.25, -0.2) is 0 Å². The molecule has 2 aromatic rings. The van der Waals surface area contributed by atoms with Crippen LogP contribution in [0.5, 0.6) is 11.5 Å². The molecular weight excluding hydrogens is 627 g/mol. The van der Waals surface area contributed by atoms with Crippen LogP contribution in [0.15, 0.2) is 41.3 Å². The standard InChI is InChI=1S/C27H28ClIN2O5S/c1-2-35-22-14-18(13-21(29)25(22)36-17-19-9-5-6-10-20(19)28)15-23-26(33)31(27(34)37-23)16-24(32)30-11-7-3-4-8-12-30/h5-6,9-10,13-15H,2-4,7-8,11-12,16-17H2,1H3. The molecule has 0 bridgehead atoms. The third-order valence-corrected chi connectivity index (χ3v) is 8.16. The fourth-order valence-electron chi connectivity index (χ4n) is 4.18. The Morgan fingerprint density at radius 1 is 1.11 bits per heavy atom. The molecule has 7 nitrogen and oxygen atoms in total. The fraction of sp³-hybridized carbons (Fsp3) is 0.370. The van der Waals surface area contributed by atoms with Gasteiger partial charge < -0.3 is 14.4 Å². The molecule has 0 spiro atoms. The van der Waals surface area contributed by atoms with Gasteiger partial charge in [-0.2, -0.15) is 0 Å². The van der Waals surface area contributed by atoms with Crippen molar-refractivity contribution in [3.05, 3.63) is 61.0 Å². The highest BCUT2D eigenvalue weighted by Crippen LogP contribution is 2.38. The maximum Gasteiger partial charge on any atom is 0.294 e. The van der Waals surface area contributed by atoms with E-state index in [-0.39, 0.29) is 24.0 Å². The van der Waals surface area contributed by atoms with Crippen molar-refractivity contribution in [2.75, 3.05) is 26.2 Å². The summed E-state index contributed by atoms with van der Waals surface area (Å²) in [6, 6.07) is 11.1. The number of thioether (sulfide) groups is 1. The van der Waals surface area contributed by atoms with Crippen LogP contribution in [-0.4, -0.2) is 53.1 Å². The largest absolute Gasteiger partial charge is 0.490 e. The maximum atomic E-state index is 13.0. The Bertz CT molecular complexity index is 1210. The molecule has 0 N–H and O–H groups in total. The van der Waals surface area contributed by atoms with Crippen molar-refractivity contribution >= 4 is 69.1 Å². The number of benzene rings is 2. The lowest BCUT2D eigenvalue weighted by Crippen LogP contribution is -2.42. The predicted molar refractivity (Wildman–Crippen MR) is 154 cm³/mol. The minimum atomic E-state index is -0.454. The van der Waals surface area contributed by atoms with E-state index in [4.69, 9.17) is 21.1 Å². The van der Waals surface area contributed by atoms with E-state index in [9.17, 15) is 14.4 Å². The molecule has 0 atom stereocenters. The van der Waals surface area contributed by atoms with Gasteiger partial charge in [0.1, 0.15) is 13.2 Å². The Morgan fingerprint density at radius 3 is 2.54 bits per heavy atom. The number of carbonyl (C=O) groups is 3. The zero-order valence-electron chi connectivity index (χ0n) is 20.5. The monoisotopic (exact) mass is 654 g/mol. The SMILES string of the molecule is CCOc1cc(C=C2SC(=O)N(CC(=O)N3CCCCCC3)C2=O)cc(I)c1OCc1ccccc1Cl. The molecule has 0 radical (unpaired) electrons. The van der Waals surface area contributed by atoms with E-state index in [1.807, 2.05) is 37.3 Å². The number of ether oxygens (including phenoxy) is 2. The molecule has 0 aliphatic carbocycles. The van der Waals surface area contributed by atoms with Gasteiger partial charge in [0.2, 0.25) is 5.91 Å². The molecule has 2 heterocycles. The van der Waals surface area contributed by atoms with Crippen molar-refractivity contribution in [2.45, 2.75) is 39.2 Å². The zero-order valence-corrected chi connectivity index (χ0v) is 24.2. The van der Waals surface area contributed by atoms with Gasteiger partial charge in [0.25, 0.3) is 11.1 Å². The summed E-state index contributed by atoms with van der Waals surface area (Å²) in [6.07, 6.45) is 5.75. The Balaban J connectivity index is 1.50. The van der Waals surface area contributed by atoms with Crippen LogP contribution < -0.4 is 9.47 Å². The Labute approximate surface area is 239 Å². The highest BCUT2D eigenvalue weighted by Gasteiger charge is 2.37. The van der Waals surface area contributed by atoms with Gasteiger partial charge in [-0.1, -0.05) is 42.6 Å². The van der Waals surface area contributed by atoms with Gasteiger partial charge in [-0.3, -0.25) is 19.3 Å². The highest BCUT2D eigenvalue weighted by atomic mass is 127. The number of hydrogen-bond acceptors (Lipinski definition) is 6. The van der Waals surface area contributed by atoms with Crippen molar-refractivity contribution in [1.82, 2.24) is 9.80 Å². The lowest BCUT2D eigenvalue weighted by molar-refractivity contribution is -0.135. The van der Waals surface area contributed by atoms with Crippen molar-refractivity contribution in [3.63, 3.8) is 0 Å². The second-order valence-corrected chi connectivity index (χ2v) is 11.3. The molecule has 37 heavy (non-hydrogen) atoms. The molecule has 10 heteroatoms. The second kappa shape index (κ2) is 13.0. The number of hydrogen-bond donors (Lipinski definition) is 0. The number of likely N-dealkylation sites (tertiary alicyclic amines) is 1. The van der Waals surface area contributed by atoms with Gasteiger partial charge in [-0.15, -0.1) is 0 Å². The number of imide groups is 1. The zero-order chi connectivity index (χ0) is 26.4. The van der Waals surface area contributed by atoms with Crippen molar-refractivity contribution < 1.29 is 23.9 Å². The molecule has 0 unspecified atom stereocenters. The molecule has 3 amide bonds. The number of nitrogens with zero attached hydrogens (tertiary/aromatic N) is 2. The minimum absolute atomic E-state index is 0.182. The van der Waals surface area contributed by atoms with Crippen LogP contribution in [0.25, 0.3) is 6.08 Å². The summed E-state index contributed by atoms with van der Waals surface area (Å²) in [5.41, 5.74) is 1.55. The first-order valence-corrected chi connectivity index (χ1v) is 14.5. The molecule has 0 aromatic heterocycles. The van der Waals surface area contributed by atoms with Crippen molar-refractivity contribution in [2.24, 2.45) is 0 Å². The first kappa shape index (κ1) is 27.8. The normalized spacial score (nSPS) is 17.3. The molecular formula is C27H28ClIN2O5S. The average molecular weight is 655 g/mol. The van der Waals surface area contributed by atoms with E-state index in [1.54, 1.807) is 17.0 Å². The molecule has 2 aliphatic heterocycles. The lowest BCUT2D eigenvalue weighted by Gasteiger charge is -2.22. The fourth-order valence-corrected chi connectivity index (χ4v) is 5.99. The topological polar surface area (TPSA) is 76.2 Å². The molecule has 2 fully saturated rings. The summed E-state index contributed by atoms with van der Waals surface area (Å²) in [6.45, 7) is 3.71. The van der Waals surface area contributed by atoms with Crippen LogP contribution in [0.3, 0.4) is 0 Å². The van der Waals surface area contributed by atoms with E-state index in [0.29, 0.717) is 41.8 Å². The van der Waals surface area contributed by atoms with E-state index < -0.39 is 11.1 Å². The molecule has 2 aliphatic rings. The molecule has 4 rings (SSSR count). The van der Waals surface area contributed by atoms with Gasteiger partial charge in [0.05, 0.1) is 15.1 Å². The summed E-state index contributed by atoms with van der Waals surface area (Å²) in [5.74, 6) is 0.475. The Morgan fingerprint density at radius 2 is 1.84 bits per heavy atom. The highest BCUT2D eigenvalue weighted by molar-refractivity contribution is 14.1. The first-order valence-electron chi connectivity index (χ1n) is 12.2. The smallest absolute Gasteiger partial charge is 0.294 e. The summed E-state index contributed by atoms with van der Waals surface area (Å²) in [5, 5.41) is 0.191. The van der Waals surface area contributed by atoms with Crippen LogP contribution in [0.2, 0.25) is 5.02 Å². The summed E-state index contributed by atoms with van der Waals surface area (Å²) >= 11 is 9.27. The molecule has 2 aromatic carbocycles. The van der Waals surface area contributed by atoms with E-state index in [2.05, 4.69) is 22.6 Å². The number of carbonyl (C=O) groups excluding carboxylic acids is 3. The quantitative estimate of drug-likeness (QED) is 0.244. The van der Waals surface area contributed by atoms with Crippen LogP contribution in [0.1, 0.15) is 43.7 Å². The van der Waals surface area contributed by atoms with Gasteiger partial charge in [0.15, 0.2) is 11.5 Å². The van der Waals surface area contributed by atoms with Crippen LogP contribution in [0, 0.1) is 3.57 Å². The summed E-state index contributed by atoms with van der Waals surface area (Å²) < 4.78 is 12.7. The maximum absolute atomic E-state index is 13.0. The number of amides is 3. The second-order valence-electron chi connectivity index (χ2n) is 8.71. The number of halogens is 2. The van der Waals surface area contributed by atoms with Gasteiger partial charge in [-0.05, 0) is 84.0 Å². The van der Waals surface area contributed by atoms with Crippen LogP contribution in [0.4, 0.5) is 4.79 Å².